The number of amides is 1. The summed E-state index contributed by atoms with van der Waals surface area (Å²) in [5.74, 6) is 1.00. The summed E-state index contributed by atoms with van der Waals surface area (Å²) in [6, 6.07) is 22.9. The number of methoxy groups -OCH3 is 1. The van der Waals surface area contributed by atoms with Crippen LogP contribution in [0.15, 0.2) is 72.8 Å². The minimum Gasteiger partial charge on any atom is -0.497 e. The fourth-order valence-corrected chi connectivity index (χ4v) is 5.13. The molecule has 0 bridgehead atoms. The molecule has 34 heavy (non-hydrogen) atoms. The number of ether oxygens (including phenoxy) is 2. The molecule has 1 aliphatic rings. The first-order valence-corrected chi connectivity index (χ1v) is 12.3. The minimum absolute atomic E-state index is 0.0681. The Morgan fingerprint density at radius 1 is 0.971 bits per heavy atom. The molecule has 0 aliphatic heterocycles. The van der Waals surface area contributed by atoms with Crippen molar-refractivity contribution in [2.75, 3.05) is 19.5 Å². The molecule has 176 valence electrons. The highest BCUT2D eigenvalue weighted by Gasteiger charge is 2.29. The first kappa shape index (κ1) is 23.7. The maximum absolute atomic E-state index is 12.4. The molecule has 0 saturated carbocycles. The van der Waals surface area contributed by atoms with Gasteiger partial charge in [0.05, 0.1) is 7.11 Å². The number of aliphatic carboxylic acids is 1. The van der Waals surface area contributed by atoms with Crippen molar-refractivity contribution in [1.29, 1.82) is 0 Å². The lowest BCUT2D eigenvalue weighted by atomic mass is 9.98. The number of benzene rings is 3. The van der Waals surface area contributed by atoms with Crippen LogP contribution >= 0.6 is 11.8 Å². The van der Waals surface area contributed by atoms with Crippen LogP contribution in [-0.2, 0) is 15.3 Å². The zero-order valence-electron chi connectivity index (χ0n) is 18.9. The van der Waals surface area contributed by atoms with Gasteiger partial charge in [0, 0.05) is 11.7 Å². The Balaban J connectivity index is 1.27. The maximum Gasteiger partial charge on any atom is 0.407 e. The van der Waals surface area contributed by atoms with Gasteiger partial charge < -0.3 is 19.9 Å². The van der Waals surface area contributed by atoms with E-state index in [1.165, 1.54) is 0 Å². The lowest BCUT2D eigenvalue weighted by Gasteiger charge is -2.17. The lowest BCUT2D eigenvalue weighted by Crippen LogP contribution is -2.41. The Morgan fingerprint density at radius 2 is 1.59 bits per heavy atom. The summed E-state index contributed by atoms with van der Waals surface area (Å²) >= 11 is 1.61. The third-order valence-electron chi connectivity index (χ3n) is 5.91. The van der Waals surface area contributed by atoms with Crippen molar-refractivity contribution in [3.8, 4) is 16.9 Å². The molecule has 6 nitrogen and oxygen atoms in total. The summed E-state index contributed by atoms with van der Waals surface area (Å²) in [6.45, 7) is 0.151. The molecule has 0 radical (unpaired) electrons. The van der Waals surface area contributed by atoms with E-state index in [2.05, 4.69) is 17.4 Å². The summed E-state index contributed by atoms with van der Waals surface area (Å²) < 4.78 is 10.6. The minimum atomic E-state index is -1.07. The van der Waals surface area contributed by atoms with E-state index in [0.29, 0.717) is 12.2 Å². The number of hydrogen-bond donors (Lipinski definition) is 2. The number of nitrogens with one attached hydrogen (secondary N) is 1. The summed E-state index contributed by atoms with van der Waals surface area (Å²) in [7, 11) is 1.62. The molecule has 0 spiro atoms. The largest absolute Gasteiger partial charge is 0.497 e. The third kappa shape index (κ3) is 5.54. The van der Waals surface area contributed by atoms with Gasteiger partial charge in [-0.25, -0.2) is 9.59 Å². The standard InChI is InChI=1S/C27H27NO5S/c1-32-19-12-10-18(11-13-19)17-34-15-14-25(26(29)30)28-27(31)33-16-24-22-8-4-2-6-20(22)21-7-3-5-9-23(21)24/h2-13,24-25H,14-17H2,1H3,(H,28,31)(H,29,30). The highest BCUT2D eigenvalue weighted by Crippen LogP contribution is 2.44. The van der Waals surface area contributed by atoms with Crippen LogP contribution in [0.4, 0.5) is 4.79 Å². The van der Waals surface area contributed by atoms with Gasteiger partial charge in [0.1, 0.15) is 18.4 Å². The molecule has 1 aliphatic carbocycles. The molecule has 2 N–H and O–H groups in total. The van der Waals surface area contributed by atoms with Crippen LogP contribution < -0.4 is 10.1 Å². The van der Waals surface area contributed by atoms with Crippen LogP contribution in [0.3, 0.4) is 0 Å². The molecule has 0 fully saturated rings. The molecule has 0 heterocycles. The zero-order chi connectivity index (χ0) is 23.9. The molecule has 0 saturated heterocycles. The lowest BCUT2D eigenvalue weighted by molar-refractivity contribution is -0.139. The van der Waals surface area contributed by atoms with Gasteiger partial charge in [-0.15, -0.1) is 0 Å². The molecule has 1 amide bonds. The van der Waals surface area contributed by atoms with Gasteiger partial charge in [-0.2, -0.15) is 11.8 Å². The van der Waals surface area contributed by atoms with Gasteiger partial charge in [-0.1, -0.05) is 60.7 Å². The zero-order valence-corrected chi connectivity index (χ0v) is 19.7. The smallest absolute Gasteiger partial charge is 0.407 e. The number of carbonyl (C=O) groups is 2. The molecule has 0 aromatic heterocycles. The predicted molar refractivity (Wildman–Crippen MR) is 133 cm³/mol. The summed E-state index contributed by atoms with van der Waals surface area (Å²) in [5, 5.41) is 12.1. The first-order valence-electron chi connectivity index (χ1n) is 11.1. The molecule has 3 aromatic carbocycles. The fourth-order valence-electron chi connectivity index (χ4n) is 4.15. The highest BCUT2D eigenvalue weighted by atomic mass is 32.2. The van der Waals surface area contributed by atoms with Gasteiger partial charge in [0.2, 0.25) is 0 Å². The van der Waals surface area contributed by atoms with E-state index in [0.717, 1.165) is 39.3 Å². The van der Waals surface area contributed by atoms with Crippen LogP contribution in [0.1, 0.15) is 29.0 Å². The Bertz CT molecular complexity index is 1100. The quantitative estimate of drug-likeness (QED) is 0.385. The molecule has 1 atom stereocenters. The van der Waals surface area contributed by atoms with Gasteiger partial charge in [-0.05, 0) is 52.1 Å². The number of hydrogen-bond acceptors (Lipinski definition) is 5. The van der Waals surface area contributed by atoms with Crippen LogP contribution in [-0.4, -0.2) is 42.7 Å². The second-order valence-electron chi connectivity index (χ2n) is 8.05. The van der Waals surface area contributed by atoms with E-state index in [1.54, 1.807) is 18.9 Å². The van der Waals surface area contributed by atoms with E-state index >= 15 is 0 Å². The van der Waals surface area contributed by atoms with Crippen LogP contribution in [0.2, 0.25) is 0 Å². The Labute approximate surface area is 203 Å². The van der Waals surface area contributed by atoms with Gasteiger partial charge in [-0.3, -0.25) is 0 Å². The average Bonchev–Trinajstić information content (AvgIpc) is 3.18. The molecule has 4 rings (SSSR count). The van der Waals surface area contributed by atoms with Crippen molar-refractivity contribution in [2.24, 2.45) is 0 Å². The average molecular weight is 478 g/mol. The monoisotopic (exact) mass is 477 g/mol. The Kier molecular flexibility index (Phi) is 7.75. The van der Waals surface area contributed by atoms with E-state index in [-0.39, 0.29) is 12.5 Å². The number of rotatable bonds is 10. The van der Waals surface area contributed by atoms with Crippen LogP contribution in [0.25, 0.3) is 11.1 Å². The number of alkyl carbamates (subject to hydrolysis) is 1. The number of carboxylic acids is 1. The van der Waals surface area contributed by atoms with Crippen molar-refractivity contribution in [3.05, 3.63) is 89.5 Å². The normalized spacial score (nSPS) is 13.0. The molecule has 1 unspecified atom stereocenters. The molecular formula is C27H27NO5S. The summed E-state index contributed by atoms with van der Waals surface area (Å²) in [6.07, 6.45) is -0.408. The van der Waals surface area contributed by atoms with Crippen molar-refractivity contribution in [2.45, 2.75) is 24.1 Å². The maximum atomic E-state index is 12.4. The fraction of sp³-hybridized carbons (Fsp3) is 0.259. The second-order valence-corrected chi connectivity index (χ2v) is 9.16. The van der Waals surface area contributed by atoms with Crippen molar-refractivity contribution in [1.82, 2.24) is 5.32 Å². The van der Waals surface area contributed by atoms with E-state index in [1.807, 2.05) is 60.7 Å². The Hall–Kier alpha value is -3.45. The van der Waals surface area contributed by atoms with E-state index in [4.69, 9.17) is 9.47 Å². The third-order valence-corrected chi connectivity index (χ3v) is 6.97. The number of fused-ring (bicyclic) bond motifs is 3. The summed E-state index contributed by atoms with van der Waals surface area (Å²) in [4.78, 5) is 24.1. The van der Waals surface area contributed by atoms with Crippen LogP contribution in [0.5, 0.6) is 5.75 Å². The van der Waals surface area contributed by atoms with E-state index < -0.39 is 18.1 Å². The first-order chi connectivity index (χ1) is 16.6. The highest BCUT2D eigenvalue weighted by molar-refractivity contribution is 7.98. The van der Waals surface area contributed by atoms with Crippen molar-refractivity contribution in [3.63, 3.8) is 0 Å². The van der Waals surface area contributed by atoms with E-state index in [9.17, 15) is 14.7 Å². The topological polar surface area (TPSA) is 84.9 Å². The van der Waals surface area contributed by atoms with Crippen molar-refractivity contribution >= 4 is 23.8 Å². The molecular weight excluding hydrogens is 450 g/mol. The van der Waals surface area contributed by atoms with Gasteiger partial charge in [0.15, 0.2) is 0 Å². The SMILES string of the molecule is COc1ccc(CSCCC(NC(=O)OCC2c3ccccc3-c3ccccc32)C(=O)O)cc1. The number of carboxylic acid groups (broad SMARTS) is 1. The summed E-state index contributed by atoms with van der Waals surface area (Å²) in [5.41, 5.74) is 5.64. The number of thioether (sulfide) groups is 1. The Morgan fingerprint density at radius 3 is 2.18 bits per heavy atom. The predicted octanol–water partition coefficient (Wildman–Crippen LogP) is 5.31. The van der Waals surface area contributed by atoms with Crippen LogP contribution in [0, 0.1) is 0 Å². The van der Waals surface area contributed by atoms with Gasteiger partial charge >= 0.3 is 12.1 Å². The molecule has 7 heteroatoms. The van der Waals surface area contributed by atoms with Crippen molar-refractivity contribution < 1.29 is 24.2 Å². The van der Waals surface area contributed by atoms with Gasteiger partial charge in [0.25, 0.3) is 0 Å². The number of carbonyl (C=O) groups excluding carboxylic acids is 1. The second kappa shape index (κ2) is 11.1. The molecule has 3 aromatic rings.